The van der Waals surface area contributed by atoms with Gasteiger partial charge in [-0.25, -0.2) is 4.68 Å². The van der Waals surface area contributed by atoms with Gasteiger partial charge in [0.2, 0.25) is 0 Å². The van der Waals surface area contributed by atoms with Gasteiger partial charge >= 0.3 is 0 Å². The molecule has 2 rings (SSSR count). The first-order valence-electron chi connectivity index (χ1n) is 7.31. The van der Waals surface area contributed by atoms with Gasteiger partial charge in [-0.3, -0.25) is 4.79 Å². The predicted molar refractivity (Wildman–Crippen MR) is 83.0 cm³/mol. The highest BCUT2D eigenvalue weighted by molar-refractivity contribution is 5.80. The summed E-state index contributed by atoms with van der Waals surface area (Å²) >= 11 is 0. The summed E-state index contributed by atoms with van der Waals surface area (Å²) in [5.74, 6) is 0.949. The van der Waals surface area contributed by atoms with Gasteiger partial charge < -0.3 is 4.74 Å². The van der Waals surface area contributed by atoms with Gasteiger partial charge in [-0.05, 0) is 43.9 Å². The van der Waals surface area contributed by atoms with E-state index >= 15 is 0 Å². The molecule has 2 aromatic rings. The minimum absolute atomic E-state index is 0.00802. The number of ether oxygens (including phenoxy) is 1. The molecule has 1 heterocycles. The first-order valence-corrected chi connectivity index (χ1v) is 7.31. The highest BCUT2D eigenvalue weighted by Gasteiger charge is 2.20. The van der Waals surface area contributed by atoms with E-state index in [9.17, 15) is 4.79 Å². The lowest BCUT2D eigenvalue weighted by Gasteiger charge is -2.10. The number of aromatic nitrogens is 2. The van der Waals surface area contributed by atoms with Crippen LogP contribution in [0.3, 0.4) is 0 Å². The summed E-state index contributed by atoms with van der Waals surface area (Å²) in [6, 6.07) is 9.33. The van der Waals surface area contributed by atoms with E-state index in [-0.39, 0.29) is 12.5 Å². The van der Waals surface area contributed by atoms with Gasteiger partial charge in [0, 0.05) is 5.69 Å². The van der Waals surface area contributed by atoms with E-state index < -0.39 is 0 Å². The molecular formula is C17H22N2O2. The zero-order valence-electron chi connectivity index (χ0n) is 13.1. The molecule has 1 aromatic carbocycles. The van der Waals surface area contributed by atoms with Crippen LogP contribution in [0.5, 0.6) is 5.75 Å². The van der Waals surface area contributed by atoms with E-state index in [0.29, 0.717) is 11.7 Å². The Hall–Kier alpha value is -2.10. The van der Waals surface area contributed by atoms with E-state index in [0.717, 1.165) is 17.8 Å². The third-order valence-electron chi connectivity index (χ3n) is 3.79. The lowest BCUT2D eigenvalue weighted by atomic mass is 9.97. The molecule has 0 saturated carbocycles. The first-order chi connectivity index (χ1) is 10.0. The van der Waals surface area contributed by atoms with Crippen molar-refractivity contribution in [1.29, 1.82) is 0 Å². The Morgan fingerprint density at radius 3 is 2.57 bits per heavy atom. The van der Waals surface area contributed by atoms with Crippen molar-refractivity contribution in [3.63, 3.8) is 0 Å². The van der Waals surface area contributed by atoms with Crippen LogP contribution in [0.1, 0.15) is 47.9 Å². The highest BCUT2D eigenvalue weighted by atomic mass is 16.5. The van der Waals surface area contributed by atoms with Crippen LogP contribution in [0.15, 0.2) is 30.3 Å². The number of carbonyl (C=O) groups excluding carboxylic acids is 1. The quantitative estimate of drug-likeness (QED) is 0.841. The molecule has 0 N–H and O–H groups in total. The van der Waals surface area contributed by atoms with E-state index in [4.69, 9.17) is 4.74 Å². The molecule has 0 fully saturated rings. The summed E-state index contributed by atoms with van der Waals surface area (Å²) in [6.07, 6.45) is 1.03. The smallest absolute Gasteiger partial charge is 0.284 e. The molecule has 112 valence electrons. The number of carbonyl (C=O) groups is 1. The Labute approximate surface area is 125 Å². The summed E-state index contributed by atoms with van der Waals surface area (Å²) in [7, 11) is 0. The number of para-hydroxylation sites is 1. The van der Waals surface area contributed by atoms with Crippen LogP contribution in [0.25, 0.3) is 0 Å². The monoisotopic (exact) mass is 286 g/mol. The van der Waals surface area contributed by atoms with Crippen LogP contribution in [-0.4, -0.2) is 22.3 Å². The van der Waals surface area contributed by atoms with Gasteiger partial charge in [0.05, 0.1) is 5.69 Å². The van der Waals surface area contributed by atoms with Crippen molar-refractivity contribution in [1.82, 2.24) is 9.78 Å². The number of hydrogen-bond acceptors (Lipinski definition) is 3. The Kier molecular flexibility index (Phi) is 4.78. The van der Waals surface area contributed by atoms with Crippen molar-refractivity contribution >= 4 is 5.91 Å². The summed E-state index contributed by atoms with van der Waals surface area (Å²) in [4.78, 5) is 12.3. The van der Waals surface area contributed by atoms with Crippen molar-refractivity contribution in [2.75, 3.05) is 6.61 Å². The molecule has 0 spiro atoms. The Morgan fingerprint density at radius 2 is 1.95 bits per heavy atom. The number of hydrogen-bond donors (Lipinski definition) is 0. The molecule has 0 saturated heterocycles. The molecule has 0 aliphatic heterocycles. The average Bonchev–Trinajstić information content (AvgIpc) is 2.80. The second kappa shape index (κ2) is 6.57. The average molecular weight is 286 g/mol. The van der Waals surface area contributed by atoms with Gasteiger partial charge in [-0.15, -0.1) is 0 Å². The maximum Gasteiger partial charge on any atom is 0.284 e. The van der Waals surface area contributed by atoms with Crippen molar-refractivity contribution in [3.05, 3.63) is 47.3 Å². The zero-order valence-corrected chi connectivity index (χ0v) is 13.1. The van der Waals surface area contributed by atoms with Gasteiger partial charge in [-0.2, -0.15) is 5.10 Å². The first kappa shape index (κ1) is 15.3. The molecule has 4 nitrogen and oxygen atoms in total. The molecule has 0 aliphatic carbocycles. The zero-order chi connectivity index (χ0) is 15.4. The number of benzene rings is 1. The van der Waals surface area contributed by atoms with Crippen molar-refractivity contribution in [3.8, 4) is 5.75 Å². The minimum Gasteiger partial charge on any atom is -0.484 e. The van der Waals surface area contributed by atoms with Gasteiger partial charge in [-0.1, -0.05) is 32.0 Å². The van der Waals surface area contributed by atoms with E-state index in [1.165, 1.54) is 10.2 Å². The molecule has 21 heavy (non-hydrogen) atoms. The van der Waals surface area contributed by atoms with Crippen LogP contribution in [0.2, 0.25) is 0 Å². The maximum absolute atomic E-state index is 12.3. The molecular weight excluding hydrogens is 264 g/mol. The van der Waals surface area contributed by atoms with Crippen molar-refractivity contribution in [2.45, 2.75) is 40.0 Å². The highest BCUT2D eigenvalue weighted by Crippen LogP contribution is 2.25. The molecule has 1 unspecified atom stereocenters. The van der Waals surface area contributed by atoms with E-state index in [2.05, 4.69) is 18.9 Å². The van der Waals surface area contributed by atoms with Crippen LogP contribution in [-0.2, 0) is 0 Å². The predicted octanol–water partition coefficient (Wildman–Crippen LogP) is 3.73. The van der Waals surface area contributed by atoms with E-state index in [1.54, 1.807) is 0 Å². The summed E-state index contributed by atoms with van der Waals surface area (Å²) in [6.45, 7) is 8.19. The molecule has 4 heteroatoms. The lowest BCUT2D eigenvalue weighted by Crippen LogP contribution is -2.21. The van der Waals surface area contributed by atoms with Crippen LogP contribution < -0.4 is 4.74 Å². The molecule has 1 atom stereocenters. The topological polar surface area (TPSA) is 44.1 Å². The molecule has 0 bridgehead atoms. The normalized spacial score (nSPS) is 12.2. The lowest BCUT2D eigenvalue weighted by molar-refractivity contribution is 0.0818. The second-order valence-corrected chi connectivity index (χ2v) is 5.30. The largest absolute Gasteiger partial charge is 0.484 e. The third-order valence-corrected chi connectivity index (χ3v) is 3.79. The number of nitrogens with zero attached hydrogens (tertiary/aromatic N) is 2. The Bertz CT molecular complexity index is 617. The third kappa shape index (κ3) is 3.32. The van der Waals surface area contributed by atoms with E-state index in [1.807, 2.05) is 44.2 Å². The van der Waals surface area contributed by atoms with Crippen LogP contribution in [0.4, 0.5) is 0 Å². The van der Waals surface area contributed by atoms with Gasteiger partial charge in [0.1, 0.15) is 5.75 Å². The summed E-state index contributed by atoms with van der Waals surface area (Å²) in [5.41, 5.74) is 3.02. The molecule has 0 amide bonds. The SMILES string of the molecule is CCC(C)c1c(C)nn(C(=O)COc2ccccc2)c1C. The maximum atomic E-state index is 12.3. The van der Waals surface area contributed by atoms with Crippen LogP contribution >= 0.6 is 0 Å². The minimum atomic E-state index is -0.144. The van der Waals surface area contributed by atoms with Crippen molar-refractivity contribution in [2.24, 2.45) is 0 Å². The standard InChI is InChI=1S/C17H22N2O2/c1-5-12(2)17-13(3)18-19(14(17)4)16(20)11-21-15-9-7-6-8-10-15/h6-10,12H,5,11H2,1-4H3. The van der Waals surface area contributed by atoms with Gasteiger partial charge in [0.15, 0.2) is 6.61 Å². The Morgan fingerprint density at radius 1 is 1.29 bits per heavy atom. The van der Waals surface area contributed by atoms with Gasteiger partial charge in [0.25, 0.3) is 5.91 Å². The number of rotatable bonds is 5. The fraction of sp³-hybridized carbons (Fsp3) is 0.412. The summed E-state index contributed by atoms with van der Waals surface area (Å²) in [5, 5.41) is 4.38. The second-order valence-electron chi connectivity index (χ2n) is 5.30. The fourth-order valence-electron chi connectivity index (χ4n) is 2.54. The van der Waals surface area contributed by atoms with Crippen LogP contribution in [0, 0.1) is 13.8 Å². The molecule has 0 aliphatic rings. The molecule has 1 aromatic heterocycles. The number of aryl methyl sites for hydroxylation is 1. The van der Waals surface area contributed by atoms with Crippen molar-refractivity contribution < 1.29 is 9.53 Å². The fourth-order valence-corrected chi connectivity index (χ4v) is 2.54. The summed E-state index contributed by atoms with van der Waals surface area (Å²) < 4.78 is 6.97. The Balaban J connectivity index is 2.13. The molecule has 0 radical (unpaired) electrons.